The summed E-state index contributed by atoms with van der Waals surface area (Å²) in [5, 5.41) is 9.03. The number of hydrogen-bond donors (Lipinski definition) is 1. The van der Waals surface area contributed by atoms with E-state index in [1.54, 1.807) is 18.2 Å². The molecule has 82 valence electrons. The van der Waals surface area contributed by atoms with Gasteiger partial charge in [0.2, 0.25) is 0 Å². The summed E-state index contributed by atoms with van der Waals surface area (Å²) in [5.74, 6) is -0.960. The van der Waals surface area contributed by atoms with Crippen LogP contribution in [-0.2, 0) is 0 Å². The Kier molecular flexibility index (Phi) is 3.22. The Balaban J connectivity index is 2.54. The van der Waals surface area contributed by atoms with Crippen molar-refractivity contribution in [2.24, 2.45) is 0 Å². The van der Waals surface area contributed by atoms with Crippen molar-refractivity contribution in [1.29, 1.82) is 0 Å². The zero-order valence-corrected chi connectivity index (χ0v) is 11.0. The number of carboxylic acid groups (broad SMARTS) is 1. The first-order valence-corrected chi connectivity index (χ1v) is 6.62. The van der Waals surface area contributed by atoms with E-state index in [1.165, 1.54) is 22.7 Å². The van der Waals surface area contributed by atoms with E-state index in [0.717, 1.165) is 14.9 Å². The lowest BCUT2D eigenvalue weighted by atomic mass is 10.2. The zero-order chi connectivity index (χ0) is 11.7. The number of hydrogen-bond acceptors (Lipinski definition) is 4. The molecule has 0 unspecified atom stereocenters. The second-order valence-electron chi connectivity index (χ2n) is 2.92. The quantitative estimate of drug-likeness (QED) is 0.877. The van der Waals surface area contributed by atoms with Gasteiger partial charge in [-0.15, -0.1) is 22.7 Å². The number of halogens is 1. The lowest BCUT2D eigenvalue weighted by Gasteiger charge is -1.94. The maximum Gasteiger partial charge on any atom is 0.337 e. The summed E-state index contributed by atoms with van der Waals surface area (Å²) in [7, 11) is 0. The number of carboxylic acids is 1. The molecular weight excluding hydrogens is 312 g/mol. The third kappa shape index (κ3) is 2.09. The minimum Gasteiger partial charge on any atom is -0.478 e. The molecule has 0 aromatic carbocycles. The van der Waals surface area contributed by atoms with Crippen LogP contribution in [0, 0.1) is 0 Å². The summed E-state index contributed by atoms with van der Waals surface area (Å²) in [5.41, 5.74) is 0.260. The predicted octanol–water partition coefficient (Wildman–Crippen LogP) is 3.75. The highest BCUT2D eigenvalue weighted by atomic mass is 79.9. The highest BCUT2D eigenvalue weighted by Gasteiger charge is 2.17. The van der Waals surface area contributed by atoms with E-state index in [1.807, 2.05) is 0 Å². The van der Waals surface area contributed by atoms with Crippen LogP contribution in [0.5, 0.6) is 0 Å². The topological polar surface area (TPSA) is 54.4 Å². The van der Waals surface area contributed by atoms with E-state index in [2.05, 4.69) is 15.9 Å². The highest BCUT2D eigenvalue weighted by Crippen LogP contribution is 2.38. The van der Waals surface area contributed by atoms with Gasteiger partial charge in [-0.3, -0.25) is 4.79 Å². The predicted molar refractivity (Wildman–Crippen MR) is 67.7 cm³/mol. The molecule has 2 rings (SSSR count). The summed E-state index contributed by atoms with van der Waals surface area (Å²) in [6.07, 6.45) is 0.761. The van der Waals surface area contributed by atoms with Gasteiger partial charge >= 0.3 is 5.97 Å². The van der Waals surface area contributed by atoms with Gasteiger partial charge in [0.25, 0.3) is 0 Å². The first kappa shape index (κ1) is 11.5. The van der Waals surface area contributed by atoms with Crippen molar-refractivity contribution in [2.45, 2.75) is 0 Å². The Labute approximate surface area is 107 Å². The van der Waals surface area contributed by atoms with Crippen LogP contribution in [0.3, 0.4) is 0 Å². The van der Waals surface area contributed by atoms with E-state index in [9.17, 15) is 9.59 Å². The zero-order valence-electron chi connectivity index (χ0n) is 7.77. The molecule has 2 heterocycles. The van der Waals surface area contributed by atoms with Crippen LogP contribution >= 0.6 is 38.6 Å². The minimum absolute atomic E-state index is 0.260. The molecule has 0 aliphatic rings. The lowest BCUT2D eigenvalue weighted by Crippen LogP contribution is -1.94. The van der Waals surface area contributed by atoms with Gasteiger partial charge < -0.3 is 5.11 Å². The molecule has 6 heteroatoms. The maximum atomic E-state index is 11.0. The Morgan fingerprint density at radius 3 is 2.69 bits per heavy atom. The van der Waals surface area contributed by atoms with E-state index < -0.39 is 5.97 Å². The Morgan fingerprint density at radius 2 is 2.12 bits per heavy atom. The fourth-order valence-electron chi connectivity index (χ4n) is 1.24. The average Bonchev–Trinajstić information content (AvgIpc) is 2.82. The molecule has 1 N–H and O–H groups in total. The van der Waals surface area contributed by atoms with Crippen molar-refractivity contribution >= 4 is 50.9 Å². The molecule has 0 aliphatic heterocycles. The number of aldehydes is 1. The van der Waals surface area contributed by atoms with Crippen molar-refractivity contribution in [3.8, 4) is 9.75 Å². The van der Waals surface area contributed by atoms with Gasteiger partial charge in [0.15, 0.2) is 6.29 Å². The molecule has 16 heavy (non-hydrogen) atoms. The van der Waals surface area contributed by atoms with Gasteiger partial charge in [0.1, 0.15) is 0 Å². The smallest absolute Gasteiger partial charge is 0.337 e. The largest absolute Gasteiger partial charge is 0.478 e. The molecule has 2 aromatic heterocycles. The fraction of sp³-hybridized carbons (Fsp3) is 0. The number of aromatic carboxylic acids is 1. The maximum absolute atomic E-state index is 11.0. The molecule has 0 fully saturated rings. The van der Waals surface area contributed by atoms with E-state index in [-0.39, 0.29) is 5.56 Å². The first-order valence-electron chi connectivity index (χ1n) is 4.20. The van der Waals surface area contributed by atoms with E-state index >= 15 is 0 Å². The molecule has 0 atom stereocenters. The fourth-order valence-corrected chi connectivity index (χ4v) is 3.78. The number of carbonyl (C=O) groups excluding carboxylic acids is 1. The van der Waals surface area contributed by atoms with E-state index in [4.69, 9.17) is 5.11 Å². The summed E-state index contributed by atoms with van der Waals surface area (Å²) in [6.45, 7) is 0. The van der Waals surface area contributed by atoms with Gasteiger partial charge in [-0.25, -0.2) is 4.79 Å². The summed E-state index contributed by atoms with van der Waals surface area (Å²) < 4.78 is 0.765. The molecular formula is C10H5BrO3S2. The second-order valence-corrected chi connectivity index (χ2v) is 6.47. The Bertz CT molecular complexity index is 556. The van der Waals surface area contributed by atoms with Crippen molar-refractivity contribution in [3.63, 3.8) is 0 Å². The van der Waals surface area contributed by atoms with Crippen molar-refractivity contribution in [1.82, 2.24) is 0 Å². The van der Waals surface area contributed by atoms with Crippen molar-refractivity contribution in [2.75, 3.05) is 0 Å². The van der Waals surface area contributed by atoms with Gasteiger partial charge in [-0.05, 0) is 34.1 Å². The molecule has 2 aromatic rings. The summed E-state index contributed by atoms with van der Waals surface area (Å²) in [6, 6.07) is 5.02. The average molecular weight is 317 g/mol. The molecule has 0 amide bonds. The second kappa shape index (κ2) is 4.48. The van der Waals surface area contributed by atoms with Gasteiger partial charge in [0.05, 0.1) is 19.1 Å². The monoisotopic (exact) mass is 316 g/mol. The van der Waals surface area contributed by atoms with Crippen LogP contribution in [0.25, 0.3) is 9.75 Å². The van der Waals surface area contributed by atoms with Crippen LogP contribution in [0.1, 0.15) is 20.0 Å². The van der Waals surface area contributed by atoms with Crippen molar-refractivity contribution < 1.29 is 14.7 Å². The molecule has 3 nitrogen and oxygen atoms in total. The lowest BCUT2D eigenvalue weighted by molar-refractivity contribution is 0.0698. The third-order valence-electron chi connectivity index (χ3n) is 1.90. The molecule has 0 saturated heterocycles. The molecule has 0 spiro atoms. The number of rotatable bonds is 3. The number of thiophene rings is 2. The van der Waals surface area contributed by atoms with Crippen LogP contribution < -0.4 is 0 Å². The van der Waals surface area contributed by atoms with Gasteiger partial charge in [-0.2, -0.15) is 0 Å². The Morgan fingerprint density at radius 1 is 1.38 bits per heavy atom. The number of carbonyl (C=O) groups is 2. The summed E-state index contributed by atoms with van der Waals surface area (Å²) >= 11 is 5.90. The SMILES string of the molecule is O=Cc1ccc(-c2sc(Br)cc2C(=O)O)s1. The molecule has 0 radical (unpaired) electrons. The first-order chi connectivity index (χ1) is 7.61. The molecule has 0 aliphatic carbocycles. The third-order valence-corrected chi connectivity index (χ3v) is 4.73. The van der Waals surface area contributed by atoms with E-state index in [0.29, 0.717) is 9.75 Å². The summed E-state index contributed by atoms with van der Waals surface area (Å²) in [4.78, 5) is 23.6. The minimum atomic E-state index is -0.960. The Hall–Kier alpha value is -0.980. The van der Waals surface area contributed by atoms with Crippen molar-refractivity contribution in [3.05, 3.63) is 32.4 Å². The normalized spacial score (nSPS) is 10.3. The van der Waals surface area contributed by atoms with Crippen LogP contribution in [0.4, 0.5) is 0 Å². The molecule has 0 bridgehead atoms. The van der Waals surface area contributed by atoms with Crippen LogP contribution in [0.2, 0.25) is 0 Å². The molecule has 0 saturated carbocycles. The van der Waals surface area contributed by atoms with Gasteiger partial charge in [0, 0.05) is 4.88 Å². The highest BCUT2D eigenvalue weighted by molar-refractivity contribution is 9.11. The van der Waals surface area contributed by atoms with Gasteiger partial charge in [-0.1, -0.05) is 0 Å². The van der Waals surface area contributed by atoms with Crippen LogP contribution in [-0.4, -0.2) is 17.4 Å². The standard InChI is InChI=1S/C10H5BrO3S2/c11-8-3-6(10(13)14)9(16-8)7-2-1-5(4-12)15-7/h1-4H,(H,13,14). The van der Waals surface area contributed by atoms with Crippen LogP contribution in [0.15, 0.2) is 22.0 Å².